The first-order valence-corrected chi connectivity index (χ1v) is 5.96. The van der Waals surface area contributed by atoms with Gasteiger partial charge in [-0.1, -0.05) is 27.7 Å². The molecule has 0 amide bonds. The molecule has 2 heteroatoms. The minimum atomic E-state index is -0.147. The normalized spacial score (nSPS) is 19.1. The molecular weight excluding hydrogens is 172 g/mol. The topological polar surface area (TPSA) is 52.0 Å². The van der Waals surface area contributed by atoms with E-state index < -0.39 is 0 Å². The zero-order valence-corrected chi connectivity index (χ0v) is 10.6. The summed E-state index contributed by atoms with van der Waals surface area (Å²) in [5, 5.41) is 0. The third-order valence-corrected chi connectivity index (χ3v) is 4.28. The summed E-state index contributed by atoms with van der Waals surface area (Å²) in [5.74, 6) is 0. The van der Waals surface area contributed by atoms with Crippen molar-refractivity contribution < 1.29 is 0 Å². The van der Waals surface area contributed by atoms with Crippen LogP contribution < -0.4 is 11.5 Å². The molecule has 0 aliphatic carbocycles. The minimum absolute atomic E-state index is 0.0938. The molecule has 2 unspecified atom stereocenters. The van der Waals surface area contributed by atoms with Gasteiger partial charge in [0.2, 0.25) is 0 Å². The Morgan fingerprint density at radius 2 is 1.43 bits per heavy atom. The summed E-state index contributed by atoms with van der Waals surface area (Å²) in [7, 11) is 0. The number of nitrogens with two attached hydrogens (primary N) is 2. The van der Waals surface area contributed by atoms with E-state index in [1.165, 1.54) is 0 Å². The van der Waals surface area contributed by atoms with Crippen LogP contribution in [-0.4, -0.2) is 11.6 Å². The lowest BCUT2D eigenvalue weighted by Gasteiger charge is -2.49. The molecule has 0 aromatic heterocycles. The molecule has 86 valence electrons. The van der Waals surface area contributed by atoms with Crippen LogP contribution in [0.25, 0.3) is 0 Å². The van der Waals surface area contributed by atoms with E-state index in [2.05, 4.69) is 34.6 Å². The summed E-state index contributed by atoms with van der Waals surface area (Å²) in [5.41, 5.74) is 12.6. The van der Waals surface area contributed by atoms with Gasteiger partial charge in [0.05, 0.1) is 0 Å². The fourth-order valence-corrected chi connectivity index (χ4v) is 2.75. The van der Waals surface area contributed by atoms with Crippen molar-refractivity contribution in [2.24, 2.45) is 16.9 Å². The lowest BCUT2D eigenvalue weighted by Crippen LogP contribution is -2.60. The maximum atomic E-state index is 6.41. The van der Waals surface area contributed by atoms with Gasteiger partial charge in [0, 0.05) is 17.0 Å². The van der Waals surface area contributed by atoms with Crippen LogP contribution in [0.1, 0.15) is 60.3 Å². The Bertz CT molecular complexity index is 160. The van der Waals surface area contributed by atoms with Crippen LogP contribution in [0, 0.1) is 5.41 Å². The molecule has 0 aliphatic heterocycles. The van der Waals surface area contributed by atoms with Crippen molar-refractivity contribution in [3.05, 3.63) is 0 Å². The molecule has 0 bridgehead atoms. The van der Waals surface area contributed by atoms with E-state index in [-0.39, 0.29) is 17.0 Å². The van der Waals surface area contributed by atoms with E-state index in [9.17, 15) is 0 Å². The zero-order valence-electron chi connectivity index (χ0n) is 10.6. The molecule has 0 spiro atoms. The van der Waals surface area contributed by atoms with Crippen LogP contribution in [-0.2, 0) is 0 Å². The summed E-state index contributed by atoms with van der Waals surface area (Å²) in [6.07, 6.45) is 4.13. The largest absolute Gasteiger partial charge is 0.327 e. The van der Waals surface area contributed by atoms with Gasteiger partial charge >= 0.3 is 0 Å². The fourth-order valence-electron chi connectivity index (χ4n) is 2.75. The van der Waals surface area contributed by atoms with Crippen LogP contribution in [0.4, 0.5) is 0 Å². The van der Waals surface area contributed by atoms with Crippen molar-refractivity contribution in [1.82, 2.24) is 0 Å². The maximum absolute atomic E-state index is 6.41. The summed E-state index contributed by atoms with van der Waals surface area (Å²) in [6.45, 7) is 10.9. The van der Waals surface area contributed by atoms with Crippen molar-refractivity contribution in [2.75, 3.05) is 0 Å². The monoisotopic (exact) mass is 200 g/mol. The molecule has 4 N–H and O–H groups in total. The van der Waals surface area contributed by atoms with Gasteiger partial charge in [-0.2, -0.15) is 0 Å². The highest BCUT2D eigenvalue weighted by molar-refractivity contribution is 5.02. The first-order chi connectivity index (χ1) is 6.41. The molecule has 14 heavy (non-hydrogen) atoms. The molecule has 0 rings (SSSR count). The second-order valence-corrected chi connectivity index (χ2v) is 4.65. The molecule has 0 aliphatic rings. The molecule has 2 nitrogen and oxygen atoms in total. The standard InChI is InChI=1S/C12H28N2/c1-6-10(13)12(8-3,9-4)11(5,14)7-2/h10H,6-9,13-14H2,1-5H3. The Kier molecular flexibility index (Phi) is 5.10. The van der Waals surface area contributed by atoms with E-state index >= 15 is 0 Å². The van der Waals surface area contributed by atoms with Gasteiger partial charge in [-0.05, 0) is 32.6 Å². The van der Waals surface area contributed by atoms with Crippen molar-refractivity contribution in [3.63, 3.8) is 0 Å². The van der Waals surface area contributed by atoms with Gasteiger partial charge in [0.1, 0.15) is 0 Å². The second kappa shape index (κ2) is 5.13. The van der Waals surface area contributed by atoms with Crippen LogP contribution in [0.2, 0.25) is 0 Å². The lowest BCUT2D eigenvalue weighted by atomic mass is 9.61. The average molecular weight is 200 g/mol. The van der Waals surface area contributed by atoms with Gasteiger partial charge in [-0.25, -0.2) is 0 Å². The molecule has 0 radical (unpaired) electrons. The van der Waals surface area contributed by atoms with Crippen molar-refractivity contribution in [1.29, 1.82) is 0 Å². The van der Waals surface area contributed by atoms with E-state index in [1.54, 1.807) is 0 Å². The van der Waals surface area contributed by atoms with Crippen molar-refractivity contribution in [3.8, 4) is 0 Å². The highest BCUT2D eigenvalue weighted by atomic mass is 14.8. The zero-order chi connectivity index (χ0) is 11.4. The van der Waals surface area contributed by atoms with Crippen LogP contribution in [0.15, 0.2) is 0 Å². The Morgan fingerprint density at radius 1 is 1.00 bits per heavy atom. The van der Waals surface area contributed by atoms with Gasteiger partial charge in [0.15, 0.2) is 0 Å². The van der Waals surface area contributed by atoms with E-state index in [0.29, 0.717) is 0 Å². The summed E-state index contributed by atoms with van der Waals surface area (Å²) in [4.78, 5) is 0. The highest BCUT2D eigenvalue weighted by Crippen LogP contribution is 2.42. The third-order valence-electron chi connectivity index (χ3n) is 4.28. The van der Waals surface area contributed by atoms with Crippen molar-refractivity contribution in [2.45, 2.75) is 71.9 Å². The molecule has 0 saturated heterocycles. The average Bonchev–Trinajstić information content (AvgIpc) is 2.19. The van der Waals surface area contributed by atoms with Crippen LogP contribution in [0.5, 0.6) is 0 Å². The predicted octanol–water partition coefficient (Wildman–Crippen LogP) is 2.66. The molecule has 0 aromatic carbocycles. The molecule has 0 saturated carbocycles. The molecule has 0 aromatic rings. The van der Waals surface area contributed by atoms with E-state index in [0.717, 1.165) is 25.7 Å². The molecular formula is C12H28N2. The third kappa shape index (κ3) is 2.12. The lowest BCUT2D eigenvalue weighted by molar-refractivity contribution is 0.0778. The quantitative estimate of drug-likeness (QED) is 0.692. The summed E-state index contributed by atoms with van der Waals surface area (Å²) < 4.78 is 0. The molecule has 0 heterocycles. The Labute approximate surface area is 89.4 Å². The van der Waals surface area contributed by atoms with E-state index in [4.69, 9.17) is 11.5 Å². The number of hydrogen-bond acceptors (Lipinski definition) is 2. The molecule has 0 fully saturated rings. The van der Waals surface area contributed by atoms with Crippen LogP contribution >= 0.6 is 0 Å². The van der Waals surface area contributed by atoms with E-state index in [1.807, 2.05) is 0 Å². The summed E-state index contributed by atoms with van der Waals surface area (Å²) in [6, 6.07) is 0.215. The Hall–Kier alpha value is -0.0800. The first kappa shape index (κ1) is 13.9. The van der Waals surface area contributed by atoms with Gasteiger partial charge in [0.25, 0.3) is 0 Å². The van der Waals surface area contributed by atoms with Gasteiger partial charge < -0.3 is 11.5 Å². The SMILES string of the molecule is CCC(N)C(CC)(CC)C(C)(N)CC. The van der Waals surface area contributed by atoms with Crippen LogP contribution in [0.3, 0.4) is 0 Å². The minimum Gasteiger partial charge on any atom is -0.327 e. The van der Waals surface area contributed by atoms with Crippen molar-refractivity contribution >= 4 is 0 Å². The second-order valence-electron chi connectivity index (χ2n) is 4.65. The smallest absolute Gasteiger partial charge is 0.0194 e. The number of rotatable bonds is 6. The molecule has 2 atom stereocenters. The fraction of sp³-hybridized carbons (Fsp3) is 1.00. The maximum Gasteiger partial charge on any atom is 0.0194 e. The first-order valence-electron chi connectivity index (χ1n) is 5.96. The van der Waals surface area contributed by atoms with Gasteiger partial charge in [-0.3, -0.25) is 0 Å². The highest BCUT2D eigenvalue weighted by Gasteiger charge is 2.45. The number of hydrogen-bond donors (Lipinski definition) is 2. The predicted molar refractivity (Wildman–Crippen MR) is 64.2 cm³/mol. The summed E-state index contributed by atoms with van der Waals surface area (Å²) >= 11 is 0. The Balaban J connectivity index is 5.05. The Morgan fingerprint density at radius 3 is 1.64 bits per heavy atom. The van der Waals surface area contributed by atoms with Gasteiger partial charge in [-0.15, -0.1) is 0 Å².